The number of aldehydes is 1. The molecule has 0 radical (unpaired) electrons. The molecule has 0 spiro atoms. The first-order valence-corrected chi connectivity index (χ1v) is 11.5. The molecule has 2 aliphatic heterocycles. The van der Waals surface area contributed by atoms with Crippen molar-refractivity contribution < 1.29 is 66.7 Å². The van der Waals surface area contributed by atoms with Gasteiger partial charge in [-0.1, -0.05) is 0 Å². The molecule has 0 bridgehead atoms. The van der Waals surface area contributed by atoms with Crippen LogP contribution in [0.15, 0.2) is 0 Å². The Balaban J connectivity index is 2.35. The Morgan fingerprint density at radius 1 is 0.757 bits per heavy atom. The molecule has 0 aromatic heterocycles. The fourth-order valence-corrected chi connectivity index (χ4v) is 4.12. The minimum absolute atomic E-state index is 0.222. The molecule has 208 valence electrons. The standard InChI is InChI=1S/C23H32O14/c1-10-19(33-12(3)26)21(35-14(5)28)22(36-15(6)29)23(32-10)37-17-8-31-18(9-30-11(2)25)20(16(17)7-24)34-13(4)27/h7,10,16-23H,8-9H2,1-6H3/t10?,16?,17?,18?,19-,20-,21?,22?,23-/m0/s1. The lowest BCUT2D eigenvalue weighted by Crippen LogP contribution is -2.63. The van der Waals surface area contributed by atoms with Crippen molar-refractivity contribution in [2.24, 2.45) is 5.92 Å². The Hall–Kier alpha value is -3.10. The van der Waals surface area contributed by atoms with Gasteiger partial charge in [0, 0.05) is 34.6 Å². The highest BCUT2D eigenvalue weighted by atomic mass is 16.7. The highest BCUT2D eigenvalue weighted by Crippen LogP contribution is 2.33. The predicted octanol–water partition coefficient (Wildman–Crippen LogP) is -0.380. The van der Waals surface area contributed by atoms with Crippen molar-refractivity contribution >= 4 is 36.1 Å². The van der Waals surface area contributed by atoms with Crippen molar-refractivity contribution in [2.75, 3.05) is 13.2 Å². The third kappa shape index (κ3) is 8.47. The Morgan fingerprint density at radius 3 is 1.78 bits per heavy atom. The van der Waals surface area contributed by atoms with Crippen molar-refractivity contribution in [3.63, 3.8) is 0 Å². The second-order valence-corrected chi connectivity index (χ2v) is 8.57. The second-order valence-electron chi connectivity index (χ2n) is 8.57. The normalized spacial score (nSPS) is 33.4. The van der Waals surface area contributed by atoms with Crippen LogP contribution in [0.25, 0.3) is 0 Å². The number of ether oxygens (including phenoxy) is 8. The molecule has 2 heterocycles. The predicted molar refractivity (Wildman–Crippen MR) is 117 cm³/mol. The molecule has 2 aliphatic rings. The highest BCUT2D eigenvalue weighted by molar-refractivity contribution is 5.69. The summed E-state index contributed by atoms with van der Waals surface area (Å²) in [5.74, 6) is -4.63. The Morgan fingerprint density at radius 2 is 1.27 bits per heavy atom. The van der Waals surface area contributed by atoms with Crippen LogP contribution in [0, 0.1) is 5.92 Å². The van der Waals surface area contributed by atoms with E-state index in [1.54, 1.807) is 0 Å². The molecule has 2 rings (SSSR count). The van der Waals surface area contributed by atoms with Gasteiger partial charge in [0.25, 0.3) is 0 Å². The summed E-state index contributed by atoms with van der Waals surface area (Å²) in [7, 11) is 0. The summed E-state index contributed by atoms with van der Waals surface area (Å²) in [6.07, 6.45) is -8.88. The van der Waals surface area contributed by atoms with Gasteiger partial charge in [-0.05, 0) is 6.92 Å². The third-order valence-corrected chi connectivity index (χ3v) is 5.50. The number of rotatable bonds is 9. The topological polar surface area (TPSA) is 176 Å². The van der Waals surface area contributed by atoms with Gasteiger partial charge in [0.2, 0.25) is 0 Å². The lowest BCUT2D eigenvalue weighted by Gasteiger charge is -2.46. The largest absolute Gasteiger partial charge is 0.463 e. The molecule has 14 nitrogen and oxygen atoms in total. The van der Waals surface area contributed by atoms with Gasteiger partial charge in [0.15, 0.2) is 24.6 Å². The molecule has 0 aliphatic carbocycles. The third-order valence-electron chi connectivity index (χ3n) is 5.50. The maximum absolute atomic E-state index is 12.1. The van der Waals surface area contributed by atoms with Crippen molar-refractivity contribution in [2.45, 2.75) is 90.6 Å². The smallest absolute Gasteiger partial charge is 0.303 e. The number of hydrogen-bond donors (Lipinski definition) is 0. The number of hydrogen-bond acceptors (Lipinski definition) is 14. The summed E-state index contributed by atoms with van der Waals surface area (Å²) in [6, 6.07) is 0. The lowest BCUT2D eigenvalue weighted by atomic mass is 9.90. The maximum Gasteiger partial charge on any atom is 0.303 e. The van der Waals surface area contributed by atoms with Crippen molar-refractivity contribution in [3.8, 4) is 0 Å². The van der Waals surface area contributed by atoms with Crippen molar-refractivity contribution in [1.82, 2.24) is 0 Å². The van der Waals surface area contributed by atoms with Crippen LogP contribution in [0.5, 0.6) is 0 Å². The van der Waals surface area contributed by atoms with Crippen LogP contribution < -0.4 is 0 Å². The first-order chi connectivity index (χ1) is 17.3. The van der Waals surface area contributed by atoms with E-state index in [0.717, 1.165) is 27.7 Å². The molecule has 0 saturated carbocycles. The van der Waals surface area contributed by atoms with Crippen LogP contribution >= 0.6 is 0 Å². The zero-order valence-electron chi connectivity index (χ0n) is 21.4. The highest BCUT2D eigenvalue weighted by Gasteiger charge is 2.53. The first-order valence-electron chi connectivity index (χ1n) is 11.5. The maximum atomic E-state index is 12.1. The van der Waals surface area contributed by atoms with E-state index in [1.807, 2.05) is 0 Å². The lowest BCUT2D eigenvalue weighted by molar-refractivity contribution is -0.323. The van der Waals surface area contributed by atoms with Gasteiger partial charge in [-0.25, -0.2) is 0 Å². The molecule has 0 aromatic carbocycles. The Bertz CT molecular complexity index is 872. The summed E-state index contributed by atoms with van der Waals surface area (Å²) in [6.45, 7) is 6.72. The van der Waals surface area contributed by atoms with Crippen molar-refractivity contribution in [3.05, 3.63) is 0 Å². The minimum Gasteiger partial charge on any atom is -0.463 e. The van der Waals surface area contributed by atoms with Gasteiger partial charge in [-0.2, -0.15) is 0 Å². The molecular formula is C23H32O14. The summed E-state index contributed by atoms with van der Waals surface area (Å²) in [5, 5.41) is 0. The van der Waals surface area contributed by atoms with Gasteiger partial charge < -0.3 is 42.7 Å². The zero-order valence-corrected chi connectivity index (χ0v) is 21.4. The molecule has 0 N–H and O–H groups in total. The fourth-order valence-electron chi connectivity index (χ4n) is 4.12. The van der Waals surface area contributed by atoms with Gasteiger partial charge in [-0.15, -0.1) is 0 Å². The minimum atomic E-state index is -1.41. The van der Waals surface area contributed by atoms with E-state index in [9.17, 15) is 28.8 Å². The quantitative estimate of drug-likeness (QED) is 0.213. The van der Waals surface area contributed by atoms with E-state index in [4.69, 9.17) is 37.9 Å². The summed E-state index contributed by atoms with van der Waals surface area (Å²) < 4.78 is 43.7. The average Bonchev–Trinajstić information content (AvgIpc) is 2.77. The molecule has 2 saturated heterocycles. The second kappa shape index (κ2) is 13.4. The Labute approximate surface area is 213 Å². The number of carbonyl (C=O) groups excluding carboxylic acids is 6. The van der Waals surface area contributed by atoms with E-state index < -0.39 is 84.8 Å². The van der Waals surface area contributed by atoms with Crippen LogP contribution in [0.4, 0.5) is 0 Å². The van der Waals surface area contributed by atoms with E-state index in [0.29, 0.717) is 6.29 Å². The van der Waals surface area contributed by atoms with Crippen LogP contribution in [0.2, 0.25) is 0 Å². The van der Waals surface area contributed by atoms with Crippen molar-refractivity contribution in [1.29, 1.82) is 0 Å². The van der Waals surface area contributed by atoms with E-state index in [1.165, 1.54) is 13.8 Å². The monoisotopic (exact) mass is 532 g/mol. The molecule has 0 aromatic rings. The molecule has 2 fully saturated rings. The molecule has 14 heteroatoms. The first kappa shape index (κ1) is 30.1. The Kier molecular flexibility index (Phi) is 10.9. The fraction of sp³-hybridized carbons (Fsp3) is 0.739. The molecule has 37 heavy (non-hydrogen) atoms. The molecule has 0 amide bonds. The SMILES string of the molecule is CC(=O)OCC1OCC(O[C@@H]2OC(C)[C@H](OC(C)=O)C(OC(C)=O)C2OC(C)=O)C(C=O)[C@@H]1OC(C)=O. The summed E-state index contributed by atoms with van der Waals surface area (Å²) in [4.78, 5) is 70.5. The summed E-state index contributed by atoms with van der Waals surface area (Å²) in [5.41, 5.74) is 0. The van der Waals surface area contributed by atoms with E-state index >= 15 is 0 Å². The molecular weight excluding hydrogens is 500 g/mol. The zero-order chi connectivity index (χ0) is 27.9. The van der Waals surface area contributed by atoms with Gasteiger partial charge in [0.05, 0.1) is 24.7 Å². The van der Waals surface area contributed by atoms with Gasteiger partial charge in [0.1, 0.15) is 25.1 Å². The van der Waals surface area contributed by atoms with Crippen LogP contribution in [-0.4, -0.2) is 98.4 Å². The van der Waals surface area contributed by atoms with E-state index in [2.05, 4.69) is 0 Å². The number of esters is 5. The van der Waals surface area contributed by atoms with Crippen LogP contribution in [0.1, 0.15) is 41.5 Å². The van der Waals surface area contributed by atoms with Gasteiger partial charge >= 0.3 is 29.8 Å². The summed E-state index contributed by atoms with van der Waals surface area (Å²) >= 11 is 0. The van der Waals surface area contributed by atoms with E-state index in [-0.39, 0.29) is 13.2 Å². The molecule has 9 atom stereocenters. The van der Waals surface area contributed by atoms with Crippen LogP contribution in [-0.2, 0) is 66.7 Å². The number of carbonyl (C=O) groups is 6. The molecule has 6 unspecified atom stereocenters. The van der Waals surface area contributed by atoms with Gasteiger partial charge in [-0.3, -0.25) is 24.0 Å². The van der Waals surface area contributed by atoms with Crippen LogP contribution in [0.3, 0.4) is 0 Å². The average molecular weight is 532 g/mol.